The molecule has 2 rings (SSSR count). The van der Waals surface area contributed by atoms with Gasteiger partial charge in [-0.2, -0.15) is 5.10 Å². The maximum Gasteiger partial charge on any atom is 0.271 e. The zero-order valence-corrected chi connectivity index (χ0v) is 11.9. The molecule has 21 heavy (non-hydrogen) atoms. The van der Waals surface area contributed by atoms with Gasteiger partial charge in [0.1, 0.15) is 5.71 Å². The molecule has 1 aliphatic rings. The summed E-state index contributed by atoms with van der Waals surface area (Å²) in [6, 6.07) is 5.11. The number of hydrogen-bond donors (Lipinski definition) is 2. The maximum absolute atomic E-state index is 12.0. The van der Waals surface area contributed by atoms with E-state index in [2.05, 4.69) is 15.8 Å². The van der Waals surface area contributed by atoms with Crippen LogP contribution in [0.2, 0.25) is 0 Å². The molecule has 0 fully saturated rings. The summed E-state index contributed by atoms with van der Waals surface area (Å²) in [6.45, 7) is 2.36. The van der Waals surface area contributed by atoms with Gasteiger partial charge in [0, 0.05) is 24.6 Å². The van der Waals surface area contributed by atoms with Crippen molar-refractivity contribution in [2.24, 2.45) is 5.10 Å². The molecule has 0 unspecified atom stereocenters. The molecule has 0 aliphatic carbocycles. The summed E-state index contributed by atoms with van der Waals surface area (Å²) in [5.41, 5.74) is 3.16. The summed E-state index contributed by atoms with van der Waals surface area (Å²) in [5, 5.41) is 6.47. The molecule has 0 spiro atoms. The molecule has 7 nitrogen and oxygen atoms in total. The van der Waals surface area contributed by atoms with Crippen LogP contribution in [0.5, 0.6) is 11.5 Å². The lowest BCUT2D eigenvalue weighted by molar-refractivity contribution is -0.121. The molecule has 0 saturated carbocycles. The highest BCUT2D eigenvalue weighted by Gasteiger charge is 2.18. The maximum atomic E-state index is 12.0. The smallest absolute Gasteiger partial charge is 0.271 e. The largest absolute Gasteiger partial charge is 0.493 e. The Hall–Kier alpha value is -2.57. The SMILES string of the molecule is CCOc1cc(NC(=O)C2=NNC(=O)CC2)ccc1OC. The average Bonchev–Trinajstić information content (AvgIpc) is 2.48. The standard InChI is InChI=1S/C14H17N3O4/c1-3-21-12-8-9(4-6-11(12)20-2)15-14(19)10-5-7-13(18)17-16-10/h4,6,8H,3,5,7H2,1-2H3,(H,15,19)(H,17,18). The normalized spacial score (nSPS) is 14.0. The van der Waals surface area contributed by atoms with E-state index in [0.717, 1.165) is 0 Å². The molecule has 112 valence electrons. The average molecular weight is 291 g/mol. The number of carbonyl (C=O) groups is 2. The lowest BCUT2D eigenvalue weighted by atomic mass is 10.1. The molecule has 0 radical (unpaired) electrons. The molecule has 1 aromatic carbocycles. The number of hydrazone groups is 1. The number of ether oxygens (including phenoxy) is 2. The fourth-order valence-corrected chi connectivity index (χ4v) is 1.86. The second-order valence-electron chi connectivity index (χ2n) is 4.35. The van der Waals surface area contributed by atoms with Crippen LogP contribution < -0.4 is 20.2 Å². The van der Waals surface area contributed by atoms with Crippen molar-refractivity contribution in [3.8, 4) is 11.5 Å². The predicted octanol–water partition coefficient (Wildman–Crippen LogP) is 1.30. The highest BCUT2D eigenvalue weighted by Crippen LogP contribution is 2.30. The summed E-state index contributed by atoms with van der Waals surface area (Å²) in [4.78, 5) is 23.0. The summed E-state index contributed by atoms with van der Waals surface area (Å²) < 4.78 is 10.6. The number of benzene rings is 1. The third kappa shape index (κ3) is 3.71. The number of hydrogen-bond acceptors (Lipinski definition) is 5. The minimum Gasteiger partial charge on any atom is -0.493 e. The number of carbonyl (C=O) groups excluding carboxylic acids is 2. The Morgan fingerprint density at radius 3 is 2.81 bits per heavy atom. The van der Waals surface area contributed by atoms with Crippen molar-refractivity contribution in [1.82, 2.24) is 5.43 Å². The first-order valence-corrected chi connectivity index (χ1v) is 6.61. The van der Waals surface area contributed by atoms with Crippen molar-refractivity contribution < 1.29 is 19.1 Å². The van der Waals surface area contributed by atoms with Crippen molar-refractivity contribution in [3.05, 3.63) is 18.2 Å². The molecule has 1 heterocycles. The Kier molecular flexibility index (Phi) is 4.76. The van der Waals surface area contributed by atoms with Crippen molar-refractivity contribution in [2.45, 2.75) is 19.8 Å². The number of nitrogens with one attached hydrogen (secondary N) is 2. The molecule has 7 heteroatoms. The van der Waals surface area contributed by atoms with Gasteiger partial charge in [-0.3, -0.25) is 9.59 Å². The van der Waals surface area contributed by atoms with Gasteiger partial charge in [-0.15, -0.1) is 0 Å². The quantitative estimate of drug-likeness (QED) is 0.855. The molecular formula is C14H17N3O4. The van der Waals surface area contributed by atoms with Gasteiger partial charge in [0.2, 0.25) is 5.91 Å². The van der Waals surface area contributed by atoms with E-state index in [1.54, 1.807) is 25.3 Å². The van der Waals surface area contributed by atoms with Crippen LogP contribution in [0.3, 0.4) is 0 Å². The summed E-state index contributed by atoms with van der Waals surface area (Å²) in [6.07, 6.45) is 0.588. The Morgan fingerprint density at radius 1 is 1.38 bits per heavy atom. The van der Waals surface area contributed by atoms with Crippen LogP contribution >= 0.6 is 0 Å². The Labute approximate surface area is 122 Å². The van der Waals surface area contributed by atoms with E-state index in [-0.39, 0.29) is 18.2 Å². The molecule has 0 atom stereocenters. The van der Waals surface area contributed by atoms with Gasteiger partial charge in [-0.05, 0) is 19.1 Å². The molecule has 1 aromatic rings. The van der Waals surface area contributed by atoms with Crippen LogP contribution in [-0.2, 0) is 9.59 Å². The third-order valence-corrected chi connectivity index (χ3v) is 2.89. The van der Waals surface area contributed by atoms with Crippen molar-refractivity contribution in [2.75, 3.05) is 19.0 Å². The van der Waals surface area contributed by atoms with Gasteiger partial charge in [0.15, 0.2) is 11.5 Å². The first kappa shape index (κ1) is 14.8. The van der Waals surface area contributed by atoms with E-state index >= 15 is 0 Å². The second-order valence-corrected chi connectivity index (χ2v) is 4.35. The fourth-order valence-electron chi connectivity index (χ4n) is 1.86. The molecule has 1 aliphatic heterocycles. The highest BCUT2D eigenvalue weighted by molar-refractivity contribution is 6.43. The molecular weight excluding hydrogens is 274 g/mol. The van der Waals surface area contributed by atoms with Gasteiger partial charge < -0.3 is 14.8 Å². The van der Waals surface area contributed by atoms with Crippen LogP contribution in [-0.4, -0.2) is 31.2 Å². The van der Waals surface area contributed by atoms with Crippen LogP contribution in [0.15, 0.2) is 23.3 Å². The van der Waals surface area contributed by atoms with Gasteiger partial charge in [0.05, 0.1) is 13.7 Å². The van der Waals surface area contributed by atoms with E-state index in [1.165, 1.54) is 0 Å². The summed E-state index contributed by atoms with van der Waals surface area (Å²) in [7, 11) is 1.55. The molecule has 0 aromatic heterocycles. The molecule has 2 N–H and O–H groups in total. The molecule has 2 amide bonds. The minimum absolute atomic E-state index is 0.186. The number of nitrogens with zero attached hydrogens (tertiary/aromatic N) is 1. The van der Waals surface area contributed by atoms with Gasteiger partial charge in [0.25, 0.3) is 5.91 Å². The first-order chi connectivity index (χ1) is 10.1. The number of methoxy groups -OCH3 is 1. The Balaban J connectivity index is 2.10. The van der Waals surface area contributed by atoms with E-state index < -0.39 is 0 Å². The van der Waals surface area contributed by atoms with Gasteiger partial charge >= 0.3 is 0 Å². The van der Waals surface area contributed by atoms with Crippen LogP contribution in [0.25, 0.3) is 0 Å². The predicted molar refractivity (Wildman–Crippen MR) is 77.6 cm³/mol. The topological polar surface area (TPSA) is 89.0 Å². The highest BCUT2D eigenvalue weighted by atomic mass is 16.5. The number of anilines is 1. The van der Waals surface area contributed by atoms with E-state index in [1.807, 2.05) is 6.92 Å². The van der Waals surface area contributed by atoms with Crippen LogP contribution in [0, 0.1) is 0 Å². The van der Waals surface area contributed by atoms with Crippen molar-refractivity contribution in [3.63, 3.8) is 0 Å². The van der Waals surface area contributed by atoms with Crippen molar-refractivity contribution >= 4 is 23.2 Å². The zero-order valence-electron chi connectivity index (χ0n) is 11.9. The lowest BCUT2D eigenvalue weighted by Crippen LogP contribution is -2.32. The summed E-state index contributed by atoms with van der Waals surface area (Å²) in [5.74, 6) is 0.617. The fraction of sp³-hybridized carbons (Fsp3) is 0.357. The van der Waals surface area contributed by atoms with E-state index in [0.29, 0.717) is 35.9 Å². The van der Waals surface area contributed by atoms with Gasteiger partial charge in [-0.1, -0.05) is 0 Å². The van der Waals surface area contributed by atoms with Crippen LogP contribution in [0.4, 0.5) is 5.69 Å². The number of amides is 2. The molecule has 0 bridgehead atoms. The molecule has 0 saturated heterocycles. The Morgan fingerprint density at radius 2 is 2.19 bits per heavy atom. The lowest BCUT2D eigenvalue weighted by Gasteiger charge is -2.14. The van der Waals surface area contributed by atoms with E-state index in [9.17, 15) is 9.59 Å². The number of rotatable bonds is 5. The monoisotopic (exact) mass is 291 g/mol. The van der Waals surface area contributed by atoms with Crippen molar-refractivity contribution in [1.29, 1.82) is 0 Å². The minimum atomic E-state index is -0.345. The third-order valence-electron chi connectivity index (χ3n) is 2.89. The van der Waals surface area contributed by atoms with E-state index in [4.69, 9.17) is 9.47 Å². The first-order valence-electron chi connectivity index (χ1n) is 6.61. The Bertz CT molecular complexity index is 584. The zero-order chi connectivity index (χ0) is 15.2. The summed E-state index contributed by atoms with van der Waals surface area (Å²) >= 11 is 0. The van der Waals surface area contributed by atoms with Gasteiger partial charge in [-0.25, -0.2) is 5.43 Å². The second kappa shape index (κ2) is 6.74. The van der Waals surface area contributed by atoms with Crippen LogP contribution in [0.1, 0.15) is 19.8 Å².